The smallest absolute Gasteiger partial charge is 0.315 e. The van der Waals surface area contributed by atoms with Crippen molar-refractivity contribution in [2.45, 2.75) is 25.4 Å². The summed E-state index contributed by atoms with van der Waals surface area (Å²) in [6.45, 7) is 4.53. The van der Waals surface area contributed by atoms with Gasteiger partial charge in [-0.05, 0) is 30.5 Å². The van der Waals surface area contributed by atoms with Crippen LogP contribution in [0.25, 0.3) is 0 Å². The first-order valence-corrected chi connectivity index (χ1v) is 10.3. The Bertz CT molecular complexity index is 822. The quantitative estimate of drug-likeness (QED) is 0.785. The fourth-order valence-corrected chi connectivity index (χ4v) is 4.34. The highest BCUT2D eigenvalue weighted by atomic mass is 32.1. The van der Waals surface area contributed by atoms with Crippen LogP contribution >= 0.6 is 11.3 Å². The van der Waals surface area contributed by atoms with E-state index in [4.69, 9.17) is 4.74 Å². The molecule has 28 heavy (non-hydrogen) atoms. The molecule has 0 aromatic carbocycles. The van der Waals surface area contributed by atoms with Gasteiger partial charge >= 0.3 is 11.8 Å². The number of rotatable bonds is 4. The van der Waals surface area contributed by atoms with Gasteiger partial charge in [0.05, 0.1) is 24.9 Å². The fourth-order valence-electron chi connectivity index (χ4n) is 3.65. The lowest BCUT2D eigenvalue weighted by Gasteiger charge is -2.25. The summed E-state index contributed by atoms with van der Waals surface area (Å²) in [5, 5.41) is 5.05. The lowest BCUT2D eigenvalue weighted by molar-refractivity contribution is -0.143. The summed E-state index contributed by atoms with van der Waals surface area (Å²) in [4.78, 5) is 37.6. The van der Waals surface area contributed by atoms with E-state index in [9.17, 15) is 9.59 Å². The molecule has 148 valence electrons. The van der Waals surface area contributed by atoms with Crippen LogP contribution in [-0.4, -0.2) is 64.4 Å². The molecule has 0 aliphatic carbocycles. The second kappa shape index (κ2) is 8.76. The van der Waals surface area contributed by atoms with Gasteiger partial charge in [-0.25, -0.2) is 4.98 Å². The van der Waals surface area contributed by atoms with Gasteiger partial charge in [-0.1, -0.05) is 0 Å². The SMILES string of the molecule is O=C(Nc1nc(CN2CCOCC2)cs1)C(=O)N1CCC[C@@H]1c1ccncc1. The molecule has 1 atom stereocenters. The molecule has 2 aliphatic rings. The molecule has 0 radical (unpaired) electrons. The molecule has 2 saturated heterocycles. The van der Waals surface area contributed by atoms with Crippen molar-refractivity contribution in [1.82, 2.24) is 19.8 Å². The zero-order chi connectivity index (χ0) is 19.3. The van der Waals surface area contributed by atoms with Crippen molar-refractivity contribution in [2.24, 2.45) is 0 Å². The maximum Gasteiger partial charge on any atom is 0.315 e. The number of anilines is 1. The van der Waals surface area contributed by atoms with E-state index in [1.165, 1.54) is 11.3 Å². The van der Waals surface area contributed by atoms with Crippen LogP contribution in [0, 0.1) is 0 Å². The maximum absolute atomic E-state index is 12.7. The zero-order valence-electron chi connectivity index (χ0n) is 15.5. The van der Waals surface area contributed by atoms with Crippen molar-refractivity contribution in [2.75, 3.05) is 38.2 Å². The summed E-state index contributed by atoms with van der Waals surface area (Å²) >= 11 is 1.34. The van der Waals surface area contributed by atoms with E-state index in [-0.39, 0.29) is 6.04 Å². The maximum atomic E-state index is 12.7. The molecule has 0 spiro atoms. The van der Waals surface area contributed by atoms with Crippen LogP contribution in [0.15, 0.2) is 29.9 Å². The molecule has 2 amide bonds. The molecule has 2 aromatic heterocycles. The minimum Gasteiger partial charge on any atom is -0.379 e. The normalized spacial score (nSPS) is 20.3. The lowest BCUT2D eigenvalue weighted by Crippen LogP contribution is -2.39. The van der Waals surface area contributed by atoms with Crippen molar-refractivity contribution in [3.63, 3.8) is 0 Å². The molecule has 2 aromatic rings. The Morgan fingerprint density at radius 1 is 1.21 bits per heavy atom. The summed E-state index contributed by atoms with van der Waals surface area (Å²) in [7, 11) is 0. The monoisotopic (exact) mass is 401 g/mol. The third kappa shape index (κ3) is 4.37. The number of pyridine rings is 1. The van der Waals surface area contributed by atoms with Crippen LogP contribution in [0.1, 0.15) is 30.1 Å². The molecule has 0 unspecified atom stereocenters. The van der Waals surface area contributed by atoms with Gasteiger partial charge in [-0.2, -0.15) is 0 Å². The second-order valence-electron chi connectivity index (χ2n) is 6.92. The Morgan fingerprint density at radius 3 is 2.79 bits per heavy atom. The average molecular weight is 401 g/mol. The number of ether oxygens (including phenoxy) is 1. The van der Waals surface area contributed by atoms with E-state index >= 15 is 0 Å². The summed E-state index contributed by atoms with van der Waals surface area (Å²) in [5.74, 6) is -1.14. The number of morpholine rings is 1. The molecule has 0 saturated carbocycles. The number of nitrogens with zero attached hydrogens (tertiary/aromatic N) is 4. The summed E-state index contributed by atoms with van der Waals surface area (Å²) in [6, 6.07) is 3.72. The molecule has 2 aliphatic heterocycles. The van der Waals surface area contributed by atoms with Crippen LogP contribution < -0.4 is 5.32 Å². The van der Waals surface area contributed by atoms with Gasteiger partial charge in [-0.15, -0.1) is 11.3 Å². The molecule has 0 bridgehead atoms. The van der Waals surface area contributed by atoms with Gasteiger partial charge in [0.15, 0.2) is 5.13 Å². The molecular formula is C19H23N5O3S. The summed E-state index contributed by atoms with van der Waals surface area (Å²) in [5.41, 5.74) is 1.90. The molecule has 2 fully saturated rings. The molecule has 8 nitrogen and oxygen atoms in total. The van der Waals surface area contributed by atoms with Crippen molar-refractivity contribution in [1.29, 1.82) is 0 Å². The van der Waals surface area contributed by atoms with Crippen molar-refractivity contribution in [3.05, 3.63) is 41.2 Å². The molecule has 4 rings (SSSR count). The lowest BCUT2D eigenvalue weighted by atomic mass is 10.1. The number of thiazole rings is 1. The Labute approximate surface area is 167 Å². The van der Waals surface area contributed by atoms with Crippen molar-refractivity contribution < 1.29 is 14.3 Å². The Morgan fingerprint density at radius 2 is 2.00 bits per heavy atom. The molecule has 1 N–H and O–H groups in total. The van der Waals surface area contributed by atoms with E-state index in [0.717, 1.165) is 56.9 Å². The Hall–Kier alpha value is -2.36. The molecular weight excluding hydrogens is 378 g/mol. The second-order valence-corrected chi connectivity index (χ2v) is 7.78. The highest BCUT2D eigenvalue weighted by Crippen LogP contribution is 2.31. The first-order chi connectivity index (χ1) is 13.7. The predicted octanol–water partition coefficient (Wildman–Crippen LogP) is 1.67. The minimum atomic E-state index is -0.631. The standard InChI is InChI=1S/C19H23N5O3S/c25-17(18(26)24-7-1-2-16(24)14-3-5-20-6-4-14)22-19-21-15(13-28-19)12-23-8-10-27-11-9-23/h3-6,13,16H,1-2,7-12H2,(H,21,22,25)/t16-/m1/s1. The van der Waals surface area contributed by atoms with Crippen LogP contribution in [0.5, 0.6) is 0 Å². The number of hydrogen-bond donors (Lipinski definition) is 1. The van der Waals surface area contributed by atoms with Crippen LogP contribution in [0.4, 0.5) is 5.13 Å². The van der Waals surface area contributed by atoms with Crippen molar-refractivity contribution in [3.8, 4) is 0 Å². The van der Waals surface area contributed by atoms with Gasteiger partial charge in [0.2, 0.25) is 0 Å². The van der Waals surface area contributed by atoms with Gasteiger partial charge < -0.3 is 9.64 Å². The third-order valence-electron chi connectivity index (χ3n) is 5.06. The molecule has 4 heterocycles. The fraction of sp³-hybridized carbons (Fsp3) is 0.474. The highest BCUT2D eigenvalue weighted by Gasteiger charge is 2.33. The van der Waals surface area contributed by atoms with E-state index in [2.05, 4.69) is 20.2 Å². The van der Waals surface area contributed by atoms with E-state index in [1.807, 2.05) is 17.5 Å². The van der Waals surface area contributed by atoms with E-state index in [0.29, 0.717) is 11.7 Å². The zero-order valence-corrected chi connectivity index (χ0v) is 16.4. The number of hydrogen-bond acceptors (Lipinski definition) is 7. The summed E-state index contributed by atoms with van der Waals surface area (Å²) in [6.07, 6.45) is 5.15. The van der Waals surface area contributed by atoms with E-state index in [1.54, 1.807) is 17.3 Å². The van der Waals surface area contributed by atoms with Crippen LogP contribution in [-0.2, 0) is 20.9 Å². The minimum absolute atomic E-state index is 0.0746. The first kappa shape index (κ1) is 19.0. The topological polar surface area (TPSA) is 87.7 Å². The van der Waals surface area contributed by atoms with Gasteiger partial charge in [0.25, 0.3) is 0 Å². The Balaban J connectivity index is 1.36. The largest absolute Gasteiger partial charge is 0.379 e. The first-order valence-electron chi connectivity index (χ1n) is 9.47. The molecule has 9 heteroatoms. The number of aromatic nitrogens is 2. The predicted molar refractivity (Wildman–Crippen MR) is 105 cm³/mol. The number of amides is 2. The number of carbonyl (C=O) groups excluding carboxylic acids is 2. The van der Waals surface area contributed by atoms with E-state index < -0.39 is 11.8 Å². The van der Waals surface area contributed by atoms with Crippen molar-refractivity contribution >= 4 is 28.3 Å². The average Bonchev–Trinajstić information content (AvgIpc) is 3.38. The number of carbonyl (C=O) groups is 2. The van der Waals surface area contributed by atoms with Crippen LogP contribution in [0.2, 0.25) is 0 Å². The number of nitrogens with one attached hydrogen (secondary N) is 1. The Kier molecular flexibility index (Phi) is 5.94. The summed E-state index contributed by atoms with van der Waals surface area (Å²) < 4.78 is 5.35. The van der Waals surface area contributed by atoms with Gasteiger partial charge in [0, 0.05) is 44.0 Å². The van der Waals surface area contributed by atoms with Crippen LogP contribution in [0.3, 0.4) is 0 Å². The highest BCUT2D eigenvalue weighted by molar-refractivity contribution is 7.14. The third-order valence-corrected chi connectivity index (χ3v) is 5.87. The van der Waals surface area contributed by atoms with Gasteiger partial charge in [-0.3, -0.25) is 24.8 Å². The van der Waals surface area contributed by atoms with Gasteiger partial charge in [0.1, 0.15) is 0 Å². The number of likely N-dealkylation sites (tertiary alicyclic amines) is 1.